The number of hydrogen-bond acceptors (Lipinski definition) is 16. The molecule has 0 aromatic heterocycles. The van der Waals surface area contributed by atoms with Crippen molar-refractivity contribution in [2.75, 3.05) is 0 Å². The fraction of sp³-hybridized carbons (Fsp3) is 0.250. The highest BCUT2D eigenvalue weighted by Crippen LogP contribution is 2.54. The third kappa shape index (κ3) is 8.70. The molecule has 0 saturated heterocycles. The number of nitro groups is 6. The van der Waals surface area contributed by atoms with Gasteiger partial charge in [-0.05, 0) is 25.0 Å². The summed E-state index contributed by atoms with van der Waals surface area (Å²) in [6.07, 6.45) is -5.51. The van der Waals surface area contributed by atoms with Crippen molar-refractivity contribution in [2.45, 2.75) is 39.8 Å². The number of hydrogen-bond donors (Lipinski definition) is 0. The highest BCUT2D eigenvalue weighted by atomic mass is 31.2. The number of alkyl halides is 3. The van der Waals surface area contributed by atoms with Gasteiger partial charge in [0.25, 0.3) is 34.1 Å². The summed E-state index contributed by atoms with van der Waals surface area (Å²) in [5.41, 5.74) is -11.1. The summed E-state index contributed by atoms with van der Waals surface area (Å²) in [4.78, 5) is 61.7. The second kappa shape index (κ2) is 14.6. The molecule has 3 rings (SSSR count). The van der Waals surface area contributed by atoms with Crippen LogP contribution in [-0.4, -0.2) is 29.5 Å². The largest absolute Gasteiger partial charge is 0.475 e. The molecular formula is C24H18F3N6O16P. The van der Waals surface area contributed by atoms with E-state index in [1.54, 1.807) is 0 Å². The first-order chi connectivity index (χ1) is 23.1. The van der Waals surface area contributed by atoms with E-state index < -0.39 is 120 Å². The number of nitrogens with zero attached hydrogens (tertiary/aromatic N) is 6. The van der Waals surface area contributed by atoms with Gasteiger partial charge in [0, 0.05) is 18.2 Å². The first-order valence-corrected chi connectivity index (χ1v) is 14.4. The van der Waals surface area contributed by atoms with E-state index in [2.05, 4.69) is 0 Å². The summed E-state index contributed by atoms with van der Waals surface area (Å²) in [5.74, 6) is 0. The van der Waals surface area contributed by atoms with Crippen LogP contribution in [0.2, 0.25) is 0 Å². The van der Waals surface area contributed by atoms with E-state index in [1.807, 2.05) is 0 Å². The van der Waals surface area contributed by atoms with Gasteiger partial charge < -0.3 is 0 Å². The van der Waals surface area contributed by atoms with Gasteiger partial charge in [0.15, 0.2) is 0 Å². The second-order valence-corrected chi connectivity index (χ2v) is 11.5. The highest BCUT2D eigenvalue weighted by Gasteiger charge is 2.41. The molecule has 50 heavy (non-hydrogen) atoms. The summed E-state index contributed by atoms with van der Waals surface area (Å²) < 4.78 is 71.0. The van der Waals surface area contributed by atoms with Crippen LogP contribution in [0.4, 0.5) is 47.3 Å². The lowest BCUT2D eigenvalue weighted by atomic mass is 10.0. The van der Waals surface area contributed by atoms with Crippen LogP contribution in [0.3, 0.4) is 0 Å². The van der Waals surface area contributed by atoms with Crippen molar-refractivity contribution < 1.29 is 60.8 Å². The van der Waals surface area contributed by atoms with Crippen LogP contribution < -0.4 is 0 Å². The molecule has 3 aromatic carbocycles. The smallest absolute Gasteiger partial charge is 0.282 e. The molecule has 0 amide bonds. The number of benzene rings is 3. The normalized spacial score (nSPS) is 11.6. The minimum absolute atomic E-state index is 0.0779. The van der Waals surface area contributed by atoms with E-state index in [1.165, 1.54) is 0 Å². The van der Waals surface area contributed by atoms with Gasteiger partial charge >= 0.3 is 14.0 Å². The number of phosphoric ester groups is 1. The van der Waals surface area contributed by atoms with Gasteiger partial charge in [0.2, 0.25) is 0 Å². The quantitative estimate of drug-likeness (QED) is 0.0877. The van der Waals surface area contributed by atoms with Gasteiger partial charge in [-0.2, -0.15) is 13.2 Å². The van der Waals surface area contributed by atoms with Crippen LogP contribution >= 0.6 is 7.82 Å². The fourth-order valence-corrected chi connectivity index (χ4v) is 5.41. The topological polar surface area (TPSA) is 304 Å². The third-order valence-corrected chi connectivity index (χ3v) is 8.04. The van der Waals surface area contributed by atoms with Gasteiger partial charge in [0.1, 0.15) is 0 Å². The molecule has 0 saturated carbocycles. The Kier molecular flexibility index (Phi) is 11.2. The molecule has 0 aliphatic heterocycles. The Hall–Kier alpha value is -6.04. The second-order valence-electron chi connectivity index (χ2n) is 9.82. The highest BCUT2D eigenvalue weighted by molar-refractivity contribution is 7.48. The average molecular weight is 734 g/mol. The van der Waals surface area contributed by atoms with Crippen molar-refractivity contribution in [3.05, 3.63) is 130 Å². The Morgan fingerprint density at radius 2 is 0.840 bits per heavy atom. The zero-order valence-electron chi connectivity index (χ0n) is 24.9. The minimum atomic E-state index is -5.51. The van der Waals surface area contributed by atoms with E-state index in [4.69, 9.17) is 13.6 Å². The number of phosphoric acid groups is 1. The Morgan fingerprint density at radius 1 is 0.540 bits per heavy atom. The van der Waals surface area contributed by atoms with Crippen molar-refractivity contribution in [1.29, 1.82) is 0 Å². The van der Waals surface area contributed by atoms with Gasteiger partial charge in [-0.1, -0.05) is 0 Å². The van der Waals surface area contributed by atoms with Crippen molar-refractivity contribution in [1.82, 2.24) is 0 Å². The average Bonchev–Trinajstić information content (AvgIpc) is 3.00. The van der Waals surface area contributed by atoms with E-state index in [0.717, 1.165) is 26.0 Å². The summed E-state index contributed by atoms with van der Waals surface area (Å²) in [6.45, 7) is -1.81. The van der Waals surface area contributed by atoms with Gasteiger partial charge in [-0.15, -0.1) is 0 Å². The summed E-state index contributed by atoms with van der Waals surface area (Å²) in [5, 5.41) is 68.6. The van der Waals surface area contributed by atoms with Crippen molar-refractivity contribution >= 4 is 41.9 Å². The Labute approximate surface area is 273 Å². The molecule has 0 aliphatic carbocycles. The molecule has 0 bridgehead atoms. The third-order valence-electron chi connectivity index (χ3n) is 6.71. The molecule has 0 radical (unpaired) electrons. The molecule has 0 atom stereocenters. The van der Waals surface area contributed by atoms with Crippen LogP contribution in [0, 0.1) is 74.5 Å². The summed E-state index contributed by atoms with van der Waals surface area (Å²) in [7, 11) is -5.51. The van der Waals surface area contributed by atoms with Crippen LogP contribution in [0.25, 0.3) is 0 Å². The van der Waals surface area contributed by atoms with E-state index in [9.17, 15) is 78.4 Å². The number of rotatable bonds is 15. The molecule has 0 N–H and O–H groups in total. The maximum atomic E-state index is 13.9. The zero-order valence-corrected chi connectivity index (χ0v) is 25.8. The predicted octanol–water partition coefficient (Wildman–Crippen LogP) is 6.83. The van der Waals surface area contributed by atoms with E-state index in [-0.39, 0.29) is 23.3 Å². The molecule has 0 spiro atoms. The van der Waals surface area contributed by atoms with Crippen molar-refractivity contribution in [3.8, 4) is 0 Å². The van der Waals surface area contributed by atoms with Gasteiger partial charge in [-0.25, -0.2) is 4.57 Å². The molecule has 0 unspecified atom stereocenters. The molecule has 266 valence electrons. The first-order valence-electron chi connectivity index (χ1n) is 13.0. The fourth-order valence-electron chi connectivity index (χ4n) is 4.33. The lowest BCUT2D eigenvalue weighted by Gasteiger charge is -2.20. The Balaban J connectivity index is 2.16. The van der Waals surface area contributed by atoms with E-state index >= 15 is 0 Å². The van der Waals surface area contributed by atoms with E-state index in [0.29, 0.717) is 12.1 Å². The number of nitro benzene ring substituents is 6. The van der Waals surface area contributed by atoms with Crippen LogP contribution in [0.5, 0.6) is 0 Å². The predicted molar refractivity (Wildman–Crippen MR) is 156 cm³/mol. The number of halogens is 3. The number of non-ortho nitro benzene ring substituents is 3. The lowest BCUT2D eigenvalue weighted by molar-refractivity contribution is -0.395. The minimum Gasteiger partial charge on any atom is -0.282 e. The molecular weight excluding hydrogens is 716 g/mol. The summed E-state index contributed by atoms with van der Waals surface area (Å²) >= 11 is 0. The Bertz CT molecular complexity index is 1920. The van der Waals surface area contributed by atoms with Crippen molar-refractivity contribution in [2.24, 2.45) is 0 Å². The molecule has 26 heteroatoms. The number of aryl methyl sites for hydroxylation is 2. The standard InChI is InChI=1S/C24H18F3N6O16P/c1-12-3-14(28(34)35)6-21(31(40)41)17(12)9-47-50(46,48-10-18-13(2)4-15(29(36)37)7-22(18)32(42)43)49-11-19-20(24(25,26)27)5-16(30(38)39)8-23(19)33(44)45/h3-8H,9-11H2,1-2H3. The maximum absolute atomic E-state index is 13.9. The van der Waals surface area contributed by atoms with Crippen molar-refractivity contribution in [3.63, 3.8) is 0 Å². The monoisotopic (exact) mass is 734 g/mol. The first kappa shape index (κ1) is 38.4. The van der Waals surface area contributed by atoms with Gasteiger partial charge in [0.05, 0.1) is 89.8 Å². The van der Waals surface area contributed by atoms with Crippen LogP contribution in [0.1, 0.15) is 33.4 Å². The molecule has 0 fully saturated rings. The van der Waals surface area contributed by atoms with Crippen LogP contribution in [0.15, 0.2) is 36.4 Å². The Morgan fingerprint density at radius 3 is 1.14 bits per heavy atom. The molecule has 0 aliphatic rings. The SMILES string of the molecule is Cc1cc([N+](=O)[O-])cc([N+](=O)[O-])c1COP(=O)(OCc1c(C)cc([N+](=O)[O-])cc1[N+](=O)[O-])OCc1c([N+](=O)[O-])cc([N+](=O)[O-])cc1C(F)(F)F. The molecule has 0 heterocycles. The summed E-state index contributed by atoms with van der Waals surface area (Å²) in [6, 6.07) is 2.75. The zero-order chi connectivity index (χ0) is 37.9. The maximum Gasteiger partial charge on any atom is 0.475 e. The molecule has 3 aromatic rings. The van der Waals surface area contributed by atoms with Gasteiger partial charge in [-0.3, -0.25) is 74.3 Å². The molecule has 22 nitrogen and oxygen atoms in total. The lowest BCUT2D eigenvalue weighted by Crippen LogP contribution is -2.14. The van der Waals surface area contributed by atoms with Crippen LogP contribution in [-0.2, 0) is 44.1 Å².